The van der Waals surface area contributed by atoms with E-state index in [1.807, 2.05) is 25.1 Å². The van der Waals surface area contributed by atoms with Crippen molar-refractivity contribution in [2.45, 2.75) is 25.8 Å². The van der Waals surface area contributed by atoms with Crippen LogP contribution in [0.1, 0.15) is 40.8 Å². The molecule has 1 unspecified atom stereocenters. The summed E-state index contributed by atoms with van der Waals surface area (Å²) in [6, 6.07) is 9.21. The number of nitrogens with one attached hydrogen (secondary N) is 1. The molecule has 1 fully saturated rings. The molecular weight excluding hydrogens is 278 g/mol. The third-order valence-corrected chi connectivity index (χ3v) is 3.81. The first-order valence-corrected chi connectivity index (χ1v) is 7.42. The van der Waals surface area contributed by atoms with Gasteiger partial charge >= 0.3 is 0 Å². The number of aryl methyl sites for hydroxylation is 1. The van der Waals surface area contributed by atoms with Gasteiger partial charge in [-0.15, -0.1) is 0 Å². The average molecular weight is 297 g/mol. The number of amides is 1. The zero-order chi connectivity index (χ0) is 15.5. The molecule has 2 aromatic rings. The lowest BCUT2D eigenvalue weighted by atomic mass is 10.1. The SMILES string of the molecule is COc1ccnc(C(=O)NC(c2cccc(C)n2)C2CC2)c1. The minimum atomic E-state index is -0.195. The first-order chi connectivity index (χ1) is 10.7. The maximum absolute atomic E-state index is 12.5. The molecule has 0 saturated heterocycles. The molecule has 2 aromatic heterocycles. The molecule has 114 valence electrons. The Hall–Kier alpha value is -2.43. The summed E-state index contributed by atoms with van der Waals surface area (Å²) in [5.74, 6) is 0.889. The number of rotatable bonds is 5. The number of carbonyl (C=O) groups is 1. The van der Waals surface area contributed by atoms with Crippen LogP contribution in [0, 0.1) is 12.8 Å². The highest BCUT2D eigenvalue weighted by atomic mass is 16.5. The fraction of sp³-hybridized carbons (Fsp3) is 0.353. The summed E-state index contributed by atoms with van der Waals surface area (Å²) in [5, 5.41) is 3.07. The van der Waals surface area contributed by atoms with E-state index in [4.69, 9.17) is 4.74 Å². The van der Waals surface area contributed by atoms with Crippen molar-refractivity contribution in [3.8, 4) is 5.75 Å². The highest BCUT2D eigenvalue weighted by Crippen LogP contribution is 2.40. The number of hydrogen-bond acceptors (Lipinski definition) is 4. The number of pyridine rings is 2. The van der Waals surface area contributed by atoms with E-state index in [0.29, 0.717) is 17.4 Å². The van der Waals surface area contributed by atoms with Crippen LogP contribution >= 0.6 is 0 Å². The molecule has 1 aliphatic rings. The van der Waals surface area contributed by atoms with Crippen molar-refractivity contribution in [2.75, 3.05) is 7.11 Å². The van der Waals surface area contributed by atoms with Crippen LogP contribution in [0.2, 0.25) is 0 Å². The Bertz CT molecular complexity index is 683. The van der Waals surface area contributed by atoms with E-state index < -0.39 is 0 Å². The van der Waals surface area contributed by atoms with Crippen LogP contribution in [0.25, 0.3) is 0 Å². The van der Waals surface area contributed by atoms with E-state index in [2.05, 4.69) is 15.3 Å². The van der Waals surface area contributed by atoms with E-state index in [-0.39, 0.29) is 11.9 Å². The molecule has 5 nitrogen and oxygen atoms in total. The van der Waals surface area contributed by atoms with Gasteiger partial charge in [0.25, 0.3) is 5.91 Å². The molecule has 0 spiro atoms. The molecule has 0 bridgehead atoms. The number of carbonyl (C=O) groups excluding carboxylic acids is 1. The van der Waals surface area contributed by atoms with E-state index in [9.17, 15) is 4.79 Å². The molecule has 1 N–H and O–H groups in total. The highest BCUT2D eigenvalue weighted by Gasteiger charge is 2.34. The number of nitrogens with zero attached hydrogens (tertiary/aromatic N) is 2. The van der Waals surface area contributed by atoms with Gasteiger partial charge in [0.1, 0.15) is 11.4 Å². The van der Waals surface area contributed by atoms with Gasteiger partial charge in [0, 0.05) is 18.0 Å². The summed E-state index contributed by atoms with van der Waals surface area (Å²) in [7, 11) is 1.57. The summed E-state index contributed by atoms with van der Waals surface area (Å²) in [5.41, 5.74) is 2.23. The van der Waals surface area contributed by atoms with Gasteiger partial charge in [-0.2, -0.15) is 0 Å². The van der Waals surface area contributed by atoms with Crippen molar-refractivity contribution in [1.82, 2.24) is 15.3 Å². The highest BCUT2D eigenvalue weighted by molar-refractivity contribution is 5.92. The average Bonchev–Trinajstić information content (AvgIpc) is 3.37. The zero-order valence-electron chi connectivity index (χ0n) is 12.7. The summed E-state index contributed by atoms with van der Waals surface area (Å²) in [6.45, 7) is 1.96. The van der Waals surface area contributed by atoms with Crippen molar-refractivity contribution >= 4 is 5.91 Å². The van der Waals surface area contributed by atoms with Gasteiger partial charge in [-0.25, -0.2) is 0 Å². The lowest BCUT2D eigenvalue weighted by molar-refractivity contribution is 0.0925. The molecule has 1 atom stereocenters. The fourth-order valence-corrected chi connectivity index (χ4v) is 2.48. The van der Waals surface area contributed by atoms with E-state index >= 15 is 0 Å². The molecule has 5 heteroatoms. The topological polar surface area (TPSA) is 64.1 Å². The Kier molecular flexibility index (Phi) is 4.04. The molecule has 0 radical (unpaired) electrons. The van der Waals surface area contributed by atoms with E-state index in [0.717, 1.165) is 24.2 Å². The summed E-state index contributed by atoms with van der Waals surface area (Å²) in [6.07, 6.45) is 3.81. The second-order valence-electron chi connectivity index (χ2n) is 5.57. The maximum atomic E-state index is 12.5. The van der Waals surface area contributed by atoms with Crippen LogP contribution in [0.3, 0.4) is 0 Å². The maximum Gasteiger partial charge on any atom is 0.270 e. The molecule has 1 amide bonds. The van der Waals surface area contributed by atoms with Crippen molar-refractivity contribution in [3.63, 3.8) is 0 Å². The molecule has 2 heterocycles. The lowest BCUT2D eigenvalue weighted by Crippen LogP contribution is -2.31. The van der Waals surface area contributed by atoms with Gasteiger partial charge in [-0.05, 0) is 43.9 Å². The summed E-state index contributed by atoms with van der Waals surface area (Å²) < 4.78 is 5.14. The van der Waals surface area contributed by atoms with E-state index in [1.165, 1.54) is 0 Å². The zero-order valence-corrected chi connectivity index (χ0v) is 12.7. The van der Waals surface area contributed by atoms with Gasteiger partial charge in [-0.1, -0.05) is 6.07 Å². The predicted molar refractivity (Wildman–Crippen MR) is 82.7 cm³/mol. The minimum absolute atomic E-state index is 0.0552. The molecule has 0 aromatic carbocycles. The quantitative estimate of drug-likeness (QED) is 0.921. The third-order valence-electron chi connectivity index (χ3n) is 3.81. The Labute approximate surface area is 129 Å². The summed E-state index contributed by atoms with van der Waals surface area (Å²) >= 11 is 0. The second kappa shape index (κ2) is 6.13. The molecule has 3 rings (SSSR count). The van der Waals surface area contributed by atoms with E-state index in [1.54, 1.807) is 25.4 Å². The third kappa shape index (κ3) is 3.24. The molecule has 0 aliphatic heterocycles. The van der Waals surface area contributed by atoms with Crippen LogP contribution < -0.4 is 10.1 Å². The first-order valence-electron chi connectivity index (χ1n) is 7.42. The first kappa shape index (κ1) is 14.5. The smallest absolute Gasteiger partial charge is 0.270 e. The van der Waals surface area contributed by atoms with Gasteiger partial charge in [-0.3, -0.25) is 14.8 Å². The Morgan fingerprint density at radius 3 is 2.86 bits per heavy atom. The number of hydrogen-bond donors (Lipinski definition) is 1. The van der Waals surface area contributed by atoms with Crippen LogP contribution in [-0.2, 0) is 0 Å². The largest absolute Gasteiger partial charge is 0.497 e. The number of aromatic nitrogens is 2. The van der Waals surface area contributed by atoms with Gasteiger partial charge < -0.3 is 10.1 Å². The minimum Gasteiger partial charge on any atom is -0.497 e. The number of methoxy groups -OCH3 is 1. The Morgan fingerprint density at radius 2 is 2.18 bits per heavy atom. The standard InChI is InChI=1S/C17H19N3O2/c1-11-4-3-5-14(19-11)16(12-6-7-12)20-17(21)15-10-13(22-2)8-9-18-15/h3-5,8-10,12,16H,6-7H2,1-2H3,(H,20,21). The second-order valence-corrected chi connectivity index (χ2v) is 5.57. The van der Waals surface area contributed by atoms with Crippen molar-refractivity contribution in [1.29, 1.82) is 0 Å². The lowest BCUT2D eigenvalue weighted by Gasteiger charge is -2.18. The van der Waals surface area contributed by atoms with Gasteiger partial charge in [0.2, 0.25) is 0 Å². The molecule has 22 heavy (non-hydrogen) atoms. The summed E-state index contributed by atoms with van der Waals surface area (Å²) in [4.78, 5) is 21.1. The van der Waals surface area contributed by atoms with Gasteiger partial charge in [0.15, 0.2) is 0 Å². The van der Waals surface area contributed by atoms with Gasteiger partial charge in [0.05, 0.1) is 18.8 Å². The van der Waals surface area contributed by atoms with Crippen molar-refractivity contribution in [3.05, 3.63) is 53.6 Å². The van der Waals surface area contributed by atoms with Crippen LogP contribution in [-0.4, -0.2) is 23.0 Å². The molecule has 1 aliphatic carbocycles. The Morgan fingerprint density at radius 1 is 1.36 bits per heavy atom. The monoisotopic (exact) mass is 297 g/mol. The fourth-order valence-electron chi connectivity index (χ4n) is 2.48. The predicted octanol–water partition coefficient (Wildman–Crippen LogP) is 2.67. The Balaban J connectivity index is 1.80. The number of ether oxygens (including phenoxy) is 1. The van der Waals surface area contributed by atoms with Crippen molar-refractivity contribution in [2.24, 2.45) is 5.92 Å². The van der Waals surface area contributed by atoms with Crippen LogP contribution in [0.4, 0.5) is 0 Å². The normalized spacial score (nSPS) is 15.2. The molecular formula is C17H19N3O2. The van der Waals surface area contributed by atoms with Crippen molar-refractivity contribution < 1.29 is 9.53 Å². The van der Waals surface area contributed by atoms with Crippen LogP contribution in [0.5, 0.6) is 5.75 Å². The molecule has 1 saturated carbocycles. The van der Waals surface area contributed by atoms with Crippen LogP contribution in [0.15, 0.2) is 36.5 Å².